The van der Waals surface area contributed by atoms with E-state index in [4.69, 9.17) is 4.74 Å². The van der Waals surface area contributed by atoms with Gasteiger partial charge in [-0.3, -0.25) is 4.79 Å². The Balaban J connectivity index is 0.00000133. The average molecular weight is 283 g/mol. The molecule has 5 heteroatoms. The molecule has 0 bridgehead atoms. The summed E-state index contributed by atoms with van der Waals surface area (Å²) in [5, 5.41) is 6.35. The monoisotopic (exact) mass is 282 g/mol. The lowest BCUT2D eigenvalue weighted by Crippen LogP contribution is -2.23. The number of carbonyl (C=O) groups excluding carboxylic acids is 1. The highest BCUT2D eigenvalue weighted by atomic mass is 35.5. The van der Waals surface area contributed by atoms with Gasteiger partial charge < -0.3 is 15.4 Å². The fraction of sp³-hybridized carbons (Fsp3) is 0.500. The number of hydrogen-bond donors (Lipinski definition) is 2. The van der Waals surface area contributed by atoms with E-state index in [0.717, 1.165) is 31.5 Å². The maximum Gasteiger partial charge on any atom is 0.229 e. The van der Waals surface area contributed by atoms with Crippen molar-refractivity contribution in [3.05, 3.63) is 23.8 Å². The van der Waals surface area contributed by atoms with E-state index in [0.29, 0.717) is 13.2 Å². The zero-order chi connectivity index (χ0) is 12.4. The normalized spacial score (nSPS) is 20.9. The third-order valence-corrected chi connectivity index (χ3v) is 3.61. The summed E-state index contributed by atoms with van der Waals surface area (Å²) in [5.41, 5.74) is 3.39. The quantitative estimate of drug-likeness (QED) is 0.876. The molecule has 4 nitrogen and oxygen atoms in total. The van der Waals surface area contributed by atoms with E-state index in [9.17, 15) is 4.79 Å². The molecular formula is C14H19ClN2O2. The molecule has 1 fully saturated rings. The molecule has 0 aromatic heterocycles. The summed E-state index contributed by atoms with van der Waals surface area (Å²) in [4.78, 5) is 12.0. The van der Waals surface area contributed by atoms with E-state index in [1.807, 2.05) is 6.07 Å². The number of fused-ring (bicyclic) bond motifs is 1. The number of rotatable bonds is 2. The van der Waals surface area contributed by atoms with Crippen LogP contribution in [0.2, 0.25) is 0 Å². The first-order chi connectivity index (χ1) is 8.83. The molecular weight excluding hydrogens is 264 g/mol. The zero-order valence-corrected chi connectivity index (χ0v) is 11.6. The first-order valence-corrected chi connectivity index (χ1v) is 6.58. The van der Waals surface area contributed by atoms with Crippen molar-refractivity contribution < 1.29 is 9.53 Å². The van der Waals surface area contributed by atoms with Gasteiger partial charge in [0.25, 0.3) is 0 Å². The van der Waals surface area contributed by atoms with E-state index in [1.165, 1.54) is 11.3 Å². The molecule has 3 rings (SSSR count). The van der Waals surface area contributed by atoms with Crippen molar-refractivity contribution in [1.29, 1.82) is 0 Å². The van der Waals surface area contributed by atoms with Gasteiger partial charge in [0.2, 0.25) is 5.91 Å². The van der Waals surface area contributed by atoms with E-state index in [-0.39, 0.29) is 24.2 Å². The van der Waals surface area contributed by atoms with Crippen LogP contribution < -0.4 is 10.6 Å². The maximum absolute atomic E-state index is 12.0. The molecule has 2 aliphatic rings. The van der Waals surface area contributed by atoms with Gasteiger partial charge in [0.05, 0.1) is 12.5 Å². The molecule has 0 spiro atoms. The molecule has 1 atom stereocenters. The third-order valence-electron chi connectivity index (χ3n) is 3.61. The number of aryl methyl sites for hydroxylation is 1. The van der Waals surface area contributed by atoms with Crippen LogP contribution in [-0.2, 0) is 16.0 Å². The minimum absolute atomic E-state index is 0. The number of ether oxygens (including phenoxy) is 1. The molecule has 2 aliphatic heterocycles. The predicted molar refractivity (Wildman–Crippen MR) is 78.1 cm³/mol. The fourth-order valence-corrected chi connectivity index (χ4v) is 2.54. The van der Waals surface area contributed by atoms with Crippen molar-refractivity contribution in [3.8, 4) is 0 Å². The first-order valence-electron chi connectivity index (χ1n) is 6.58. The number of carbonyl (C=O) groups is 1. The SMILES string of the molecule is Cl.O=C(Nc1ccc2c(c1)CCCN2)C1CCOC1. The van der Waals surface area contributed by atoms with Crippen LogP contribution >= 0.6 is 12.4 Å². The van der Waals surface area contributed by atoms with Crippen LogP contribution in [0.15, 0.2) is 18.2 Å². The van der Waals surface area contributed by atoms with Crippen molar-refractivity contribution in [2.24, 2.45) is 5.92 Å². The van der Waals surface area contributed by atoms with Crippen LogP contribution in [0.3, 0.4) is 0 Å². The molecule has 0 saturated carbocycles. The van der Waals surface area contributed by atoms with E-state index in [1.54, 1.807) is 0 Å². The van der Waals surface area contributed by atoms with Gasteiger partial charge in [-0.15, -0.1) is 12.4 Å². The smallest absolute Gasteiger partial charge is 0.229 e. The second kappa shape index (κ2) is 6.26. The van der Waals surface area contributed by atoms with Gasteiger partial charge in [0, 0.05) is 24.5 Å². The highest BCUT2D eigenvalue weighted by Gasteiger charge is 2.23. The summed E-state index contributed by atoms with van der Waals surface area (Å²) in [6.07, 6.45) is 3.07. The zero-order valence-electron chi connectivity index (χ0n) is 10.8. The molecule has 104 valence electrons. The third kappa shape index (κ3) is 3.19. The van der Waals surface area contributed by atoms with Gasteiger partial charge in [0.15, 0.2) is 0 Å². The molecule has 2 heterocycles. The topological polar surface area (TPSA) is 50.4 Å². The van der Waals surface area contributed by atoms with Crippen molar-refractivity contribution >= 4 is 29.7 Å². The number of hydrogen-bond acceptors (Lipinski definition) is 3. The Kier molecular flexibility index (Phi) is 4.66. The molecule has 1 aromatic rings. The fourth-order valence-electron chi connectivity index (χ4n) is 2.54. The van der Waals surface area contributed by atoms with Gasteiger partial charge >= 0.3 is 0 Å². The van der Waals surface area contributed by atoms with Crippen molar-refractivity contribution in [3.63, 3.8) is 0 Å². The van der Waals surface area contributed by atoms with E-state index < -0.39 is 0 Å². The maximum atomic E-state index is 12.0. The molecule has 1 amide bonds. The van der Waals surface area contributed by atoms with Crippen LogP contribution in [0.4, 0.5) is 11.4 Å². The summed E-state index contributed by atoms with van der Waals surface area (Å²) in [6, 6.07) is 6.09. The average Bonchev–Trinajstić information content (AvgIpc) is 2.92. The molecule has 0 radical (unpaired) electrons. The number of nitrogens with one attached hydrogen (secondary N) is 2. The highest BCUT2D eigenvalue weighted by molar-refractivity contribution is 5.93. The van der Waals surface area contributed by atoms with Crippen molar-refractivity contribution in [2.75, 3.05) is 30.4 Å². The van der Waals surface area contributed by atoms with Crippen LogP contribution in [0.1, 0.15) is 18.4 Å². The largest absolute Gasteiger partial charge is 0.385 e. The minimum atomic E-state index is 0. The summed E-state index contributed by atoms with van der Waals surface area (Å²) in [7, 11) is 0. The van der Waals surface area contributed by atoms with Crippen LogP contribution in [-0.4, -0.2) is 25.7 Å². The van der Waals surface area contributed by atoms with Crippen LogP contribution in [0.25, 0.3) is 0 Å². The lowest BCUT2D eigenvalue weighted by molar-refractivity contribution is -0.119. The van der Waals surface area contributed by atoms with Gasteiger partial charge in [-0.2, -0.15) is 0 Å². The molecule has 1 aromatic carbocycles. The Morgan fingerprint density at radius 2 is 2.32 bits per heavy atom. The molecule has 0 aliphatic carbocycles. The summed E-state index contributed by atoms with van der Waals surface area (Å²) in [5.74, 6) is 0.0929. The lowest BCUT2D eigenvalue weighted by atomic mass is 10.0. The van der Waals surface area contributed by atoms with Gasteiger partial charge in [-0.25, -0.2) is 0 Å². The number of amides is 1. The van der Waals surface area contributed by atoms with Crippen LogP contribution in [0, 0.1) is 5.92 Å². The van der Waals surface area contributed by atoms with Crippen LogP contribution in [0.5, 0.6) is 0 Å². The van der Waals surface area contributed by atoms with Crippen molar-refractivity contribution in [1.82, 2.24) is 0 Å². The Labute approximate surface area is 119 Å². The summed E-state index contributed by atoms with van der Waals surface area (Å²) >= 11 is 0. The Bertz CT molecular complexity index is 459. The standard InChI is InChI=1S/C14H18N2O2.ClH/c17-14(11-5-7-18-9-11)16-12-3-4-13-10(8-12)2-1-6-15-13;/h3-4,8,11,15H,1-2,5-7,9H2,(H,16,17);1H. The minimum Gasteiger partial charge on any atom is -0.385 e. The Morgan fingerprint density at radius 1 is 1.42 bits per heavy atom. The Hall–Kier alpha value is -1.26. The number of benzene rings is 1. The molecule has 1 saturated heterocycles. The number of anilines is 2. The summed E-state index contributed by atoms with van der Waals surface area (Å²) in [6.45, 7) is 2.29. The van der Waals surface area contributed by atoms with E-state index >= 15 is 0 Å². The number of halogens is 1. The van der Waals surface area contributed by atoms with Crippen molar-refractivity contribution in [2.45, 2.75) is 19.3 Å². The van der Waals surface area contributed by atoms with Gasteiger partial charge in [0.1, 0.15) is 0 Å². The molecule has 19 heavy (non-hydrogen) atoms. The second-order valence-electron chi connectivity index (χ2n) is 4.95. The lowest BCUT2D eigenvalue weighted by Gasteiger charge is -2.19. The highest BCUT2D eigenvalue weighted by Crippen LogP contribution is 2.25. The predicted octanol–water partition coefficient (Wildman–Crippen LogP) is 2.44. The van der Waals surface area contributed by atoms with Gasteiger partial charge in [-0.05, 0) is 43.0 Å². The van der Waals surface area contributed by atoms with E-state index in [2.05, 4.69) is 22.8 Å². The molecule has 1 unspecified atom stereocenters. The Morgan fingerprint density at radius 3 is 3.11 bits per heavy atom. The molecule has 2 N–H and O–H groups in total. The second-order valence-corrected chi connectivity index (χ2v) is 4.95. The first kappa shape index (κ1) is 14.2. The van der Waals surface area contributed by atoms with Gasteiger partial charge in [-0.1, -0.05) is 0 Å². The summed E-state index contributed by atoms with van der Waals surface area (Å²) < 4.78 is 5.24.